The minimum absolute atomic E-state index is 0.331. The van der Waals surface area contributed by atoms with E-state index >= 15 is 0 Å². The zero-order valence-corrected chi connectivity index (χ0v) is 11.2. The number of fused-ring (bicyclic) bond motifs is 3. The van der Waals surface area contributed by atoms with E-state index in [0.29, 0.717) is 5.92 Å². The van der Waals surface area contributed by atoms with Gasteiger partial charge in [-0.2, -0.15) is 0 Å². The van der Waals surface area contributed by atoms with Gasteiger partial charge in [-0.1, -0.05) is 24.8 Å². The van der Waals surface area contributed by atoms with Crippen molar-refractivity contribution in [1.29, 1.82) is 0 Å². The van der Waals surface area contributed by atoms with Crippen LogP contribution in [0.5, 0.6) is 0 Å². The summed E-state index contributed by atoms with van der Waals surface area (Å²) in [6.45, 7) is 10.5. The normalized spacial score (nSPS) is 30.9. The molecule has 1 atom stereocenters. The molecule has 3 aliphatic rings. The van der Waals surface area contributed by atoms with Crippen molar-refractivity contribution in [1.82, 2.24) is 4.90 Å². The van der Waals surface area contributed by atoms with Crippen LogP contribution in [0.25, 0.3) is 0 Å². The summed E-state index contributed by atoms with van der Waals surface area (Å²) in [6.07, 6.45) is 2.14. The fourth-order valence-electron chi connectivity index (χ4n) is 3.42. The Labute approximate surface area is 109 Å². The van der Waals surface area contributed by atoms with Gasteiger partial charge in [0.25, 0.3) is 0 Å². The highest BCUT2D eigenvalue weighted by molar-refractivity contribution is 5.40. The molecule has 3 heterocycles. The molecule has 1 aromatic rings. The van der Waals surface area contributed by atoms with E-state index in [0.717, 1.165) is 37.2 Å². The van der Waals surface area contributed by atoms with Gasteiger partial charge in [0.15, 0.2) is 0 Å². The third-order valence-electron chi connectivity index (χ3n) is 4.85. The van der Waals surface area contributed by atoms with E-state index in [1.807, 2.05) is 0 Å². The van der Waals surface area contributed by atoms with Crippen LogP contribution in [0.1, 0.15) is 29.5 Å². The fourth-order valence-corrected chi connectivity index (χ4v) is 3.42. The van der Waals surface area contributed by atoms with Crippen molar-refractivity contribution in [3.63, 3.8) is 0 Å². The Morgan fingerprint density at radius 3 is 2.44 bits per heavy atom. The summed E-state index contributed by atoms with van der Waals surface area (Å²) in [5.41, 5.74) is 3.59. The van der Waals surface area contributed by atoms with Gasteiger partial charge in [0.2, 0.25) is 0 Å². The highest BCUT2D eigenvalue weighted by Crippen LogP contribution is 2.48. The molecule has 0 amide bonds. The molecule has 0 spiro atoms. The van der Waals surface area contributed by atoms with Gasteiger partial charge >= 0.3 is 0 Å². The summed E-state index contributed by atoms with van der Waals surface area (Å²) in [6, 6.07) is 6.30. The van der Waals surface area contributed by atoms with Crippen molar-refractivity contribution in [3.8, 4) is 0 Å². The van der Waals surface area contributed by atoms with Crippen LogP contribution in [0, 0.1) is 19.8 Å². The van der Waals surface area contributed by atoms with Gasteiger partial charge in [-0.25, -0.2) is 0 Å². The lowest BCUT2D eigenvalue weighted by Gasteiger charge is -2.53. The molecule has 96 valence electrons. The molecule has 0 aliphatic carbocycles. The van der Waals surface area contributed by atoms with Crippen LogP contribution in [0.2, 0.25) is 0 Å². The second-order valence-corrected chi connectivity index (χ2v) is 5.77. The maximum Gasteiger partial charge on any atom is 0.131 e. The zero-order valence-electron chi connectivity index (χ0n) is 11.2. The Morgan fingerprint density at radius 1 is 1.22 bits per heavy atom. The number of aryl methyl sites for hydroxylation is 2. The van der Waals surface area contributed by atoms with Crippen molar-refractivity contribution in [2.45, 2.75) is 32.3 Å². The third-order valence-corrected chi connectivity index (χ3v) is 4.85. The molecular weight excluding hydrogens is 222 g/mol. The first kappa shape index (κ1) is 11.8. The summed E-state index contributed by atoms with van der Waals surface area (Å²) in [7, 11) is 0. The van der Waals surface area contributed by atoms with Gasteiger partial charge in [-0.3, -0.25) is 0 Å². The maximum absolute atomic E-state index is 11.2. The molecule has 3 saturated heterocycles. The second kappa shape index (κ2) is 3.86. The zero-order chi connectivity index (χ0) is 12.9. The second-order valence-electron chi connectivity index (χ2n) is 5.77. The van der Waals surface area contributed by atoms with Crippen molar-refractivity contribution in [2.24, 2.45) is 5.92 Å². The Bertz CT molecular complexity index is 500. The minimum atomic E-state index is -0.838. The van der Waals surface area contributed by atoms with E-state index in [-0.39, 0.29) is 0 Å². The maximum atomic E-state index is 11.2. The molecule has 4 rings (SSSR count). The Balaban J connectivity index is 2.08. The van der Waals surface area contributed by atoms with Crippen LogP contribution in [-0.4, -0.2) is 23.1 Å². The Kier molecular flexibility index (Phi) is 2.53. The van der Waals surface area contributed by atoms with E-state index in [2.05, 4.69) is 43.5 Å². The van der Waals surface area contributed by atoms with Gasteiger partial charge in [0.05, 0.1) is 0 Å². The van der Waals surface area contributed by atoms with E-state index in [4.69, 9.17) is 0 Å². The van der Waals surface area contributed by atoms with Crippen LogP contribution < -0.4 is 0 Å². The number of hydrogen-bond acceptors (Lipinski definition) is 2. The van der Waals surface area contributed by atoms with Gasteiger partial charge in [0.1, 0.15) is 5.60 Å². The van der Waals surface area contributed by atoms with Crippen LogP contribution in [-0.2, 0) is 5.60 Å². The fraction of sp³-hybridized carbons (Fsp3) is 0.500. The molecule has 0 aromatic heterocycles. The predicted molar refractivity (Wildman–Crippen MR) is 73.2 cm³/mol. The summed E-state index contributed by atoms with van der Waals surface area (Å²) in [5, 5.41) is 11.2. The molecule has 3 fully saturated rings. The van der Waals surface area contributed by atoms with Crippen molar-refractivity contribution < 1.29 is 5.11 Å². The van der Waals surface area contributed by atoms with Crippen molar-refractivity contribution >= 4 is 0 Å². The summed E-state index contributed by atoms with van der Waals surface area (Å²) in [4.78, 5) is 2.25. The lowest BCUT2D eigenvalue weighted by atomic mass is 9.69. The number of nitrogens with zero attached hydrogens (tertiary/aromatic N) is 1. The topological polar surface area (TPSA) is 23.5 Å². The molecule has 0 saturated carbocycles. The van der Waals surface area contributed by atoms with Crippen LogP contribution in [0.3, 0.4) is 0 Å². The molecule has 0 unspecified atom stereocenters. The number of rotatable bonds is 1. The molecular formula is C16H21NO. The quantitative estimate of drug-likeness (QED) is 0.820. The number of piperidine rings is 3. The van der Waals surface area contributed by atoms with Gasteiger partial charge < -0.3 is 10.0 Å². The predicted octanol–water partition coefficient (Wildman–Crippen LogP) is 2.73. The van der Waals surface area contributed by atoms with Gasteiger partial charge in [0, 0.05) is 24.7 Å². The molecule has 0 radical (unpaired) electrons. The smallest absolute Gasteiger partial charge is 0.131 e. The highest BCUT2D eigenvalue weighted by atomic mass is 16.3. The Morgan fingerprint density at radius 2 is 1.89 bits per heavy atom. The number of benzene rings is 1. The van der Waals surface area contributed by atoms with E-state index in [1.165, 1.54) is 11.1 Å². The van der Waals surface area contributed by atoms with E-state index < -0.39 is 5.60 Å². The molecule has 2 nitrogen and oxygen atoms in total. The molecule has 3 aliphatic heterocycles. The standard InChI is InChI=1S/C16H21NO/c1-11-4-5-15(10-12(11)2)16(18)13(3)17-8-6-14(16)7-9-17/h4-5,10,14,18H,3,6-9H2,1-2H3/t16-/m0/s1. The van der Waals surface area contributed by atoms with Crippen LogP contribution in [0.15, 0.2) is 30.5 Å². The first-order valence-electron chi connectivity index (χ1n) is 6.78. The molecule has 2 bridgehead atoms. The summed E-state index contributed by atoms with van der Waals surface area (Å²) >= 11 is 0. The van der Waals surface area contributed by atoms with E-state index in [9.17, 15) is 5.11 Å². The SMILES string of the molecule is C=C1N2CCC(CC2)[C@]1(O)c1ccc(C)c(C)c1. The lowest BCUT2D eigenvalue weighted by molar-refractivity contribution is -0.0760. The van der Waals surface area contributed by atoms with Gasteiger partial charge in [-0.05, 0) is 43.4 Å². The minimum Gasteiger partial charge on any atom is -0.379 e. The van der Waals surface area contributed by atoms with Crippen molar-refractivity contribution in [2.75, 3.05) is 13.1 Å². The first-order valence-corrected chi connectivity index (χ1v) is 6.78. The van der Waals surface area contributed by atoms with Crippen LogP contribution in [0.4, 0.5) is 0 Å². The number of hydrogen-bond donors (Lipinski definition) is 1. The summed E-state index contributed by atoms with van der Waals surface area (Å²) in [5.74, 6) is 0.331. The molecule has 1 N–H and O–H groups in total. The first-order chi connectivity index (χ1) is 8.53. The average Bonchev–Trinajstić information content (AvgIpc) is 2.39. The van der Waals surface area contributed by atoms with Gasteiger partial charge in [-0.15, -0.1) is 0 Å². The van der Waals surface area contributed by atoms with Crippen molar-refractivity contribution in [3.05, 3.63) is 47.2 Å². The number of aliphatic hydroxyl groups is 1. The Hall–Kier alpha value is -1.28. The molecule has 2 heteroatoms. The average molecular weight is 243 g/mol. The highest BCUT2D eigenvalue weighted by Gasteiger charge is 2.49. The van der Waals surface area contributed by atoms with E-state index in [1.54, 1.807) is 0 Å². The molecule has 18 heavy (non-hydrogen) atoms. The van der Waals surface area contributed by atoms with Crippen LogP contribution >= 0.6 is 0 Å². The third kappa shape index (κ3) is 1.45. The lowest BCUT2D eigenvalue weighted by Crippen LogP contribution is -2.54. The summed E-state index contributed by atoms with van der Waals surface area (Å²) < 4.78 is 0. The molecule has 1 aromatic carbocycles. The monoisotopic (exact) mass is 243 g/mol. The largest absolute Gasteiger partial charge is 0.379 e.